The summed E-state index contributed by atoms with van der Waals surface area (Å²) >= 11 is 0. The van der Waals surface area contributed by atoms with Crippen molar-refractivity contribution in [1.29, 1.82) is 0 Å². The van der Waals surface area contributed by atoms with Crippen LogP contribution in [0.15, 0.2) is 36.9 Å². The van der Waals surface area contributed by atoms with Crippen molar-refractivity contribution in [2.24, 2.45) is 0 Å². The molecule has 1 aliphatic rings. The fourth-order valence-corrected chi connectivity index (χ4v) is 1.97. The Morgan fingerprint density at radius 1 is 1.28 bits per heavy atom. The normalized spacial score (nSPS) is 15.4. The summed E-state index contributed by atoms with van der Waals surface area (Å²) in [6.45, 7) is 1.59. The minimum absolute atomic E-state index is 0.472. The molecule has 1 aliphatic heterocycles. The van der Waals surface area contributed by atoms with Crippen molar-refractivity contribution in [2.45, 2.75) is 12.6 Å². The first-order valence-electron chi connectivity index (χ1n) is 5.86. The molecule has 5 heteroatoms. The van der Waals surface area contributed by atoms with Crippen molar-refractivity contribution >= 4 is 0 Å². The van der Waals surface area contributed by atoms with Crippen LogP contribution in [0.1, 0.15) is 11.7 Å². The van der Waals surface area contributed by atoms with Gasteiger partial charge in [-0.15, -0.1) is 0 Å². The Balaban J connectivity index is 1.79. The highest BCUT2D eigenvalue weighted by molar-refractivity contribution is 5.44. The molecule has 0 saturated carbocycles. The number of benzene rings is 1. The van der Waals surface area contributed by atoms with Gasteiger partial charge in [0, 0.05) is 12.4 Å². The molecule has 0 spiro atoms. The molecule has 0 aliphatic carbocycles. The molecule has 3 rings (SSSR count). The molecule has 1 aromatic heterocycles. The SMILES string of the molecule is OC(Cn1ccnc1)c1ccc2c(c1)OCCO2. The summed E-state index contributed by atoms with van der Waals surface area (Å²) < 4.78 is 12.8. The summed E-state index contributed by atoms with van der Waals surface area (Å²) in [5.41, 5.74) is 0.813. The number of hydrogen-bond donors (Lipinski definition) is 1. The third kappa shape index (κ3) is 2.17. The lowest BCUT2D eigenvalue weighted by Gasteiger charge is -2.20. The lowest BCUT2D eigenvalue weighted by Crippen LogP contribution is -2.16. The van der Waals surface area contributed by atoms with Crippen LogP contribution in [-0.2, 0) is 6.54 Å². The largest absolute Gasteiger partial charge is 0.486 e. The molecular formula is C13H14N2O3. The van der Waals surface area contributed by atoms with Crippen LogP contribution in [0.4, 0.5) is 0 Å². The standard InChI is InChI=1S/C13H14N2O3/c16-11(8-15-4-3-14-9-15)10-1-2-12-13(7-10)18-6-5-17-12/h1-4,7,9,11,16H,5-6,8H2. The average molecular weight is 246 g/mol. The summed E-state index contributed by atoms with van der Waals surface area (Å²) in [6, 6.07) is 5.52. The number of aromatic nitrogens is 2. The maximum atomic E-state index is 10.1. The van der Waals surface area contributed by atoms with Gasteiger partial charge in [-0.2, -0.15) is 0 Å². The molecule has 1 N–H and O–H groups in total. The van der Waals surface area contributed by atoms with Gasteiger partial charge >= 0.3 is 0 Å². The van der Waals surface area contributed by atoms with E-state index < -0.39 is 6.10 Å². The van der Waals surface area contributed by atoms with Gasteiger partial charge in [-0.05, 0) is 17.7 Å². The van der Waals surface area contributed by atoms with Crippen LogP contribution >= 0.6 is 0 Å². The van der Waals surface area contributed by atoms with Crippen LogP contribution in [-0.4, -0.2) is 27.9 Å². The second-order valence-corrected chi connectivity index (χ2v) is 4.18. The van der Waals surface area contributed by atoms with Crippen molar-refractivity contribution in [1.82, 2.24) is 9.55 Å². The van der Waals surface area contributed by atoms with Gasteiger partial charge in [0.25, 0.3) is 0 Å². The van der Waals surface area contributed by atoms with Gasteiger partial charge in [-0.1, -0.05) is 6.07 Å². The molecule has 94 valence electrons. The number of rotatable bonds is 3. The fourth-order valence-electron chi connectivity index (χ4n) is 1.97. The molecule has 1 atom stereocenters. The minimum Gasteiger partial charge on any atom is -0.486 e. The number of nitrogens with zero attached hydrogens (tertiary/aromatic N) is 2. The van der Waals surface area contributed by atoms with Crippen molar-refractivity contribution in [3.05, 3.63) is 42.5 Å². The fraction of sp³-hybridized carbons (Fsp3) is 0.308. The zero-order valence-corrected chi connectivity index (χ0v) is 9.82. The predicted molar refractivity (Wildman–Crippen MR) is 64.6 cm³/mol. The van der Waals surface area contributed by atoms with Crippen LogP contribution in [0.2, 0.25) is 0 Å². The van der Waals surface area contributed by atoms with E-state index in [1.54, 1.807) is 12.5 Å². The van der Waals surface area contributed by atoms with E-state index in [0.29, 0.717) is 25.5 Å². The maximum absolute atomic E-state index is 10.1. The highest BCUT2D eigenvalue weighted by Gasteiger charge is 2.15. The molecule has 0 fully saturated rings. The molecule has 0 bridgehead atoms. The van der Waals surface area contributed by atoms with E-state index in [0.717, 1.165) is 11.3 Å². The van der Waals surface area contributed by atoms with E-state index in [2.05, 4.69) is 4.98 Å². The Hall–Kier alpha value is -2.01. The molecule has 5 nitrogen and oxygen atoms in total. The lowest BCUT2D eigenvalue weighted by molar-refractivity contribution is 0.151. The van der Waals surface area contributed by atoms with E-state index in [1.165, 1.54) is 0 Å². The number of aliphatic hydroxyl groups is 1. The summed E-state index contributed by atoms with van der Waals surface area (Å²) in [4.78, 5) is 3.95. The zero-order valence-electron chi connectivity index (χ0n) is 9.82. The van der Waals surface area contributed by atoms with Crippen molar-refractivity contribution in [3.63, 3.8) is 0 Å². The van der Waals surface area contributed by atoms with Gasteiger partial charge in [-0.3, -0.25) is 0 Å². The molecule has 1 aromatic carbocycles. The quantitative estimate of drug-likeness (QED) is 0.889. The van der Waals surface area contributed by atoms with Crippen LogP contribution in [0.5, 0.6) is 11.5 Å². The van der Waals surface area contributed by atoms with Crippen molar-refractivity contribution < 1.29 is 14.6 Å². The highest BCUT2D eigenvalue weighted by Crippen LogP contribution is 2.32. The molecule has 0 radical (unpaired) electrons. The minimum atomic E-state index is -0.588. The summed E-state index contributed by atoms with van der Waals surface area (Å²) in [7, 11) is 0. The molecule has 0 amide bonds. The first-order valence-corrected chi connectivity index (χ1v) is 5.86. The average Bonchev–Trinajstić information content (AvgIpc) is 2.91. The monoisotopic (exact) mass is 246 g/mol. The Labute approximate surface area is 105 Å². The summed E-state index contributed by atoms with van der Waals surface area (Å²) in [5.74, 6) is 1.43. The first kappa shape index (κ1) is 11.1. The Kier molecular flexibility index (Phi) is 2.90. The van der Waals surface area contributed by atoms with Gasteiger partial charge < -0.3 is 19.1 Å². The first-order chi connectivity index (χ1) is 8.83. The van der Waals surface area contributed by atoms with Crippen molar-refractivity contribution in [3.8, 4) is 11.5 Å². The molecule has 0 saturated heterocycles. The Morgan fingerprint density at radius 2 is 2.11 bits per heavy atom. The topological polar surface area (TPSA) is 56.5 Å². The molecule has 2 heterocycles. The van der Waals surface area contributed by atoms with Gasteiger partial charge in [-0.25, -0.2) is 4.98 Å². The third-order valence-electron chi connectivity index (χ3n) is 2.89. The van der Waals surface area contributed by atoms with Gasteiger partial charge in [0.2, 0.25) is 0 Å². The molecule has 18 heavy (non-hydrogen) atoms. The molecular weight excluding hydrogens is 232 g/mol. The van der Waals surface area contributed by atoms with Crippen LogP contribution in [0.3, 0.4) is 0 Å². The van der Waals surface area contributed by atoms with Crippen LogP contribution < -0.4 is 9.47 Å². The smallest absolute Gasteiger partial charge is 0.161 e. The van der Waals surface area contributed by atoms with E-state index in [4.69, 9.17) is 9.47 Å². The number of hydrogen-bond acceptors (Lipinski definition) is 4. The number of aliphatic hydroxyl groups excluding tert-OH is 1. The number of imidazole rings is 1. The Morgan fingerprint density at radius 3 is 2.89 bits per heavy atom. The van der Waals surface area contributed by atoms with Gasteiger partial charge in [0.15, 0.2) is 11.5 Å². The van der Waals surface area contributed by atoms with Crippen molar-refractivity contribution in [2.75, 3.05) is 13.2 Å². The number of fused-ring (bicyclic) bond motifs is 1. The van der Waals surface area contributed by atoms with Crippen LogP contribution in [0.25, 0.3) is 0 Å². The number of ether oxygens (including phenoxy) is 2. The van der Waals surface area contributed by atoms with E-state index in [9.17, 15) is 5.11 Å². The maximum Gasteiger partial charge on any atom is 0.161 e. The third-order valence-corrected chi connectivity index (χ3v) is 2.89. The van der Waals surface area contributed by atoms with Crippen LogP contribution in [0, 0.1) is 0 Å². The highest BCUT2D eigenvalue weighted by atomic mass is 16.6. The molecule has 2 aromatic rings. The van der Waals surface area contributed by atoms with E-state index in [-0.39, 0.29) is 0 Å². The Bertz CT molecular complexity index is 525. The second kappa shape index (κ2) is 4.70. The summed E-state index contributed by atoms with van der Waals surface area (Å²) in [6.07, 6.45) is 4.61. The second-order valence-electron chi connectivity index (χ2n) is 4.18. The molecule has 1 unspecified atom stereocenters. The van der Waals surface area contributed by atoms with Gasteiger partial charge in [0.05, 0.1) is 19.0 Å². The zero-order chi connectivity index (χ0) is 12.4. The van der Waals surface area contributed by atoms with E-state index >= 15 is 0 Å². The summed E-state index contributed by atoms with van der Waals surface area (Å²) in [5, 5.41) is 10.1. The predicted octanol–water partition coefficient (Wildman–Crippen LogP) is 1.39. The van der Waals surface area contributed by atoms with E-state index in [1.807, 2.05) is 29.0 Å². The lowest BCUT2D eigenvalue weighted by atomic mass is 10.1. The van der Waals surface area contributed by atoms with Gasteiger partial charge in [0.1, 0.15) is 13.2 Å².